The van der Waals surface area contributed by atoms with E-state index in [1.54, 1.807) is 18.2 Å². The van der Waals surface area contributed by atoms with E-state index in [9.17, 15) is 9.59 Å². The Hall–Kier alpha value is -2.18. The Morgan fingerprint density at radius 1 is 1.12 bits per heavy atom. The Labute approximate surface area is 161 Å². The molecule has 1 heterocycles. The molecule has 0 aromatic heterocycles. The summed E-state index contributed by atoms with van der Waals surface area (Å²) in [4.78, 5) is 26.5. The molecule has 1 atom stereocenters. The minimum Gasteiger partial charge on any atom is -0.366 e. The second kappa shape index (κ2) is 8.47. The van der Waals surface area contributed by atoms with E-state index in [1.165, 1.54) is 0 Å². The number of hydrogen-bond donors (Lipinski definition) is 2. The molecule has 2 amide bonds. The highest BCUT2D eigenvalue weighted by atomic mass is 79.9. The third kappa shape index (κ3) is 4.51. The van der Waals surface area contributed by atoms with Crippen molar-refractivity contribution < 1.29 is 9.59 Å². The van der Waals surface area contributed by atoms with Gasteiger partial charge < -0.3 is 11.1 Å². The maximum absolute atomic E-state index is 13.0. The Bertz CT molecular complexity index is 803. The molecule has 2 aromatic carbocycles. The topological polar surface area (TPSA) is 75.4 Å². The van der Waals surface area contributed by atoms with Crippen molar-refractivity contribution in [2.75, 3.05) is 13.1 Å². The van der Waals surface area contributed by atoms with E-state index in [-0.39, 0.29) is 11.9 Å². The quantitative estimate of drug-likeness (QED) is 0.760. The van der Waals surface area contributed by atoms with Crippen molar-refractivity contribution in [2.24, 2.45) is 5.73 Å². The number of amides is 2. The summed E-state index contributed by atoms with van der Waals surface area (Å²) in [7, 11) is 0. The van der Waals surface area contributed by atoms with Crippen molar-refractivity contribution in [2.45, 2.75) is 25.4 Å². The van der Waals surface area contributed by atoms with Gasteiger partial charge in [-0.2, -0.15) is 0 Å². The molecule has 26 heavy (non-hydrogen) atoms. The average Bonchev–Trinajstić information content (AvgIpc) is 3.14. The highest BCUT2D eigenvalue weighted by molar-refractivity contribution is 9.10. The highest BCUT2D eigenvalue weighted by Crippen LogP contribution is 2.27. The number of carbonyl (C=O) groups is 2. The fourth-order valence-electron chi connectivity index (χ4n) is 3.32. The number of nitrogens with one attached hydrogen (secondary N) is 1. The second-order valence-corrected chi connectivity index (χ2v) is 7.40. The number of nitrogens with zero attached hydrogens (tertiary/aromatic N) is 1. The van der Waals surface area contributed by atoms with E-state index in [0.717, 1.165) is 41.5 Å². The maximum atomic E-state index is 13.0. The van der Waals surface area contributed by atoms with Gasteiger partial charge in [0.05, 0.1) is 0 Å². The van der Waals surface area contributed by atoms with Gasteiger partial charge in [0.25, 0.3) is 0 Å². The molecule has 0 unspecified atom stereocenters. The van der Waals surface area contributed by atoms with Gasteiger partial charge in [-0.1, -0.05) is 40.2 Å². The fraction of sp³-hybridized carbons (Fsp3) is 0.300. The van der Waals surface area contributed by atoms with Crippen LogP contribution < -0.4 is 11.1 Å². The third-order valence-electron chi connectivity index (χ3n) is 4.60. The number of rotatable bonds is 6. The van der Waals surface area contributed by atoms with Crippen molar-refractivity contribution in [1.29, 1.82) is 0 Å². The summed E-state index contributed by atoms with van der Waals surface area (Å²) in [5.41, 5.74) is 7.59. The summed E-state index contributed by atoms with van der Waals surface area (Å²) in [6.07, 6.45) is 2.22. The van der Waals surface area contributed by atoms with Crippen LogP contribution >= 0.6 is 15.9 Å². The van der Waals surface area contributed by atoms with Gasteiger partial charge in [-0.3, -0.25) is 14.5 Å². The molecule has 0 radical (unpaired) electrons. The molecule has 3 N–H and O–H groups in total. The van der Waals surface area contributed by atoms with Crippen LogP contribution in [0, 0.1) is 0 Å². The Kier molecular flexibility index (Phi) is 6.06. The van der Waals surface area contributed by atoms with Crippen molar-refractivity contribution in [1.82, 2.24) is 10.2 Å². The molecule has 1 saturated heterocycles. The summed E-state index contributed by atoms with van der Waals surface area (Å²) in [6.45, 7) is 2.20. The first-order valence-corrected chi connectivity index (χ1v) is 9.50. The molecule has 1 fully saturated rings. The van der Waals surface area contributed by atoms with E-state index in [1.807, 2.05) is 30.3 Å². The standard InChI is InChI=1S/C20H22BrN3O2/c21-17-8-4-6-15(12-17)18(24-9-1-2-10-24)20(26)23-13-14-5-3-7-16(11-14)19(22)25/h3-8,11-12,18H,1-2,9-10,13H2,(H2,22,25)(H,23,26)/t18-/m0/s1. The predicted octanol–water partition coefficient (Wildman–Crippen LogP) is 3.00. The lowest BCUT2D eigenvalue weighted by Gasteiger charge is -2.27. The Morgan fingerprint density at radius 3 is 2.54 bits per heavy atom. The largest absolute Gasteiger partial charge is 0.366 e. The molecule has 5 nitrogen and oxygen atoms in total. The fourth-order valence-corrected chi connectivity index (χ4v) is 3.74. The Morgan fingerprint density at radius 2 is 1.85 bits per heavy atom. The summed E-state index contributed by atoms with van der Waals surface area (Å²) in [5, 5.41) is 3.01. The van der Waals surface area contributed by atoms with Gasteiger partial charge in [-0.25, -0.2) is 0 Å². The first-order chi connectivity index (χ1) is 12.5. The third-order valence-corrected chi connectivity index (χ3v) is 5.09. The number of primary amides is 1. The maximum Gasteiger partial charge on any atom is 0.248 e. The minimum absolute atomic E-state index is 0.0329. The van der Waals surface area contributed by atoms with Crippen LogP contribution in [-0.4, -0.2) is 29.8 Å². The highest BCUT2D eigenvalue weighted by Gasteiger charge is 2.29. The van der Waals surface area contributed by atoms with E-state index in [0.29, 0.717) is 12.1 Å². The molecule has 0 saturated carbocycles. The van der Waals surface area contributed by atoms with Crippen LogP contribution in [0.3, 0.4) is 0 Å². The first kappa shape index (κ1) is 18.6. The lowest BCUT2D eigenvalue weighted by atomic mass is 10.0. The molecule has 0 aliphatic carbocycles. The van der Waals surface area contributed by atoms with Gasteiger partial charge in [0.2, 0.25) is 11.8 Å². The molecule has 1 aliphatic heterocycles. The monoisotopic (exact) mass is 415 g/mol. The van der Waals surface area contributed by atoms with E-state index in [2.05, 4.69) is 26.1 Å². The zero-order valence-electron chi connectivity index (χ0n) is 14.5. The van der Waals surface area contributed by atoms with Gasteiger partial charge in [-0.05, 0) is 61.3 Å². The summed E-state index contributed by atoms with van der Waals surface area (Å²) >= 11 is 3.49. The number of nitrogens with two attached hydrogens (primary N) is 1. The van der Waals surface area contributed by atoms with Gasteiger partial charge in [0.1, 0.15) is 6.04 Å². The number of halogens is 1. The van der Waals surface area contributed by atoms with Gasteiger partial charge in [0, 0.05) is 16.6 Å². The van der Waals surface area contributed by atoms with Crippen molar-refractivity contribution in [3.8, 4) is 0 Å². The molecular weight excluding hydrogens is 394 g/mol. The zero-order chi connectivity index (χ0) is 18.5. The van der Waals surface area contributed by atoms with Gasteiger partial charge >= 0.3 is 0 Å². The van der Waals surface area contributed by atoms with Crippen LogP contribution in [0.1, 0.15) is 40.4 Å². The van der Waals surface area contributed by atoms with Crippen LogP contribution in [0.4, 0.5) is 0 Å². The molecule has 0 bridgehead atoms. The normalized spacial score (nSPS) is 15.6. The van der Waals surface area contributed by atoms with Crippen LogP contribution in [0.15, 0.2) is 53.0 Å². The van der Waals surface area contributed by atoms with Crippen molar-refractivity contribution in [3.63, 3.8) is 0 Å². The summed E-state index contributed by atoms with van der Waals surface area (Å²) < 4.78 is 0.959. The molecule has 136 valence electrons. The zero-order valence-corrected chi connectivity index (χ0v) is 16.0. The summed E-state index contributed by atoms with van der Waals surface area (Å²) in [5.74, 6) is -0.503. The van der Waals surface area contributed by atoms with Crippen LogP contribution in [0.25, 0.3) is 0 Å². The SMILES string of the molecule is NC(=O)c1cccc(CNC(=O)[C@H](c2cccc(Br)c2)N2CCCC2)c1. The lowest BCUT2D eigenvalue weighted by molar-refractivity contribution is -0.126. The smallest absolute Gasteiger partial charge is 0.248 e. The average molecular weight is 416 g/mol. The molecular formula is C20H22BrN3O2. The number of benzene rings is 2. The molecule has 0 spiro atoms. The molecule has 2 aromatic rings. The van der Waals surface area contributed by atoms with Crippen molar-refractivity contribution >= 4 is 27.7 Å². The van der Waals surface area contributed by atoms with E-state index < -0.39 is 5.91 Å². The second-order valence-electron chi connectivity index (χ2n) is 6.48. The number of likely N-dealkylation sites (tertiary alicyclic amines) is 1. The predicted molar refractivity (Wildman–Crippen MR) is 104 cm³/mol. The van der Waals surface area contributed by atoms with Gasteiger partial charge in [-0.15, -0.1) is 0 Å². The summed E-state index contributed by atoms with van der Waals surface area (Å²) in [6, 6.07) is 14.6. The first-order valence-electron chi connectivity index (χ1n) is 8.70. The number of hydrogen-bond acceptors (Lipinski definition) is 3. The van der Waals surface area contributed by atoms with Crippen LogP contribution in [0.2, 0.25) is 0 Å². The minimum atomic E-state index is -0.470. The van der Waals surface area contributed by atoms with Crippen LogP contribution in [-0.2, 0) is 11.3 Å². The van der Waals surface area contributed by atoms with Gasteiger partial charge in [0.15, 0.2) is 0 Å². The van der Waals surface area contributed by atoms with E-state index >= 15 is 0 Å². The molecule has 6 heteroatoms. The Balaban J connectivity index is 1.75. The number of carbonyl (C=O) groups excluding carboxylic acids is 2. The molecule has 3 rings (SSSR count). The van der Waals surface area contributed by atoms with E-state index in [4.69, 9.17) is 5.73 Å². The van der Waals surface area contributed by atoms with Crippen molar-refractivity contribution in [3.05, 3.63) is 69.7 Å². The molecule has 1 aliphatic rings. The van der Waals surface area contributed by atoms with Crippen LogP contribution in [0.5, 0.6) is 0 Å². The lowest BCUT2D eigenvalue weighted by Crippen LogP contribution is -2.39.